The summed E-state index contributed by atoms with van der Waals surface area (Å²) in [5.41, 5.74) is -2.02. The minimum atomic E-state index is -2.02. The van der Waals surface area contributed by atoms with E-state index in [1.165, 1.54) is 0 Å². The van der Waals surface area contributed by atoms with E-state index in [4.69, 9.17) is 14.6 Å². The summed E-state index contributed by atoms with van der Waals surface area (Å²) in [5.74, 6) is -2.01. The quantitative estimate of drug-likeness (QED) is 0.455. The fraction of sp³-hybridized carbons (Fsp3) is 0.882. The summed E-state index contributed by atoms with van der Waals surface area (Å²) in [6.07, 6.45) is 1.90. The first-order chi connectivity index (χ1) is 11.4. The van der Waals surface area contributed by atoms with Crippen LogP contribution in [0.2, 0.25) is 0 Å². The molecule has 24 heavy (non-hydrogen) atoms. The number of esters is 1. The van der Waals surface area contributed by atoms with Gasteiger partial charge in [-0.2, -0.15) is 0 Å². The first-order valence-corrected chi connectivity index (χ1v) is 8.76. The lowest BCUT2D eigenvalue weighted by Crippen LogP contribution is -2.51. The standard InChI is InChI=1S/C17H31NO6/c1-4-23-16(22)17(15(20)21,8-5-11-19)24-12-14-6-9-18(10-7-14)13(2)3/h13-14,19H,4-12H2,1-3H3,(H,20,21). The summed E-state index contributed by atoms with van der Waals surface area (Å²) in [4.78, 5) is 26.3. The maximum Gasteiger partial charge on any atom is 0.350 e. The van der Waals surface area contributed by atoms with Gasteiger partial charge >= 0.3 is 11.9 Å². The number of aliphatic carboxylic acids is 1. The fourth-order valence-electron chi connectivity index (χ4n) is 2.96. The molecule has 1 fully saturated rings. The van der Waals surface area contributed by atoms with Crippen LogP contribution in [0, 0.1) is 5.92 Å². The highest BCUT2D eigenvalue weighted by Gasteiger charge is 2.49. The van der Waals surface area contributed by atoms with Gasteiger partial charge in [-0.05, 0) is 59.0 Å². The van der Waals surface area contributed by atoms with E-state index in [1.54, 1.807) is 6.92 Å². The topological polar surface area (TPSA) is 96.3 Å². The van der Waals surface area contributed by atoms with Crippen molar-refractivity contribution in [1.82, 2.24) is 4.90 Å². The third kappa shape index (κ3) is 5.43. The van der Waals surface area contributed by atoms with Gasteiger partial charge in [-0.3, -0.25) is 0 Å². The Bertz CT molecular complexity index is 406. The van der Waals surface area contributed by atoms with E-state index in [9.17, 15) is 14.7 Å². The van der Waals surface area contributed by atoms with E-state index in [2.05, 4.69) is 18.7 Å². The van der Waals surface area contributed by atoms with Crippen molar-refractivity contribution < 1.29 is 29.3 Å². The normalized spacial score (nSPS) is 19.2. The minimum absolute atomic E-state index is 0.0864. The highest BCUT2D eigenvalue weighted by atomic mass is 16.6. The zero-order valence-electron chi connectivity index (χ0n) is 15.0. The Labute approximate surface area is 143 Å². The van der Waals surface area contributed by atoms with E-state index >= 15 is 0 Å². The Kier molecular flexibility index (Phi) is 8.66. The third-order valence-electron chi connectivity index (χ3n) is 4.58. The zero-order valence-corrected chi connectivity index (χ0v) is 15.0. The van der Waals surface area contributed by atoms with Crippen molar-refractivity contribution in [3.05, 3.63) is 0 Å². The number of aliphatic hydroxyl groups excluding tert-OH is 1. The molecule has 1 heterocycles. The van der Waals surface area contributed by atoms with Crippen molar-refractivity contribution >= 4 is 11.9 Å². The molecule has 1 unspecified atom stereocenters. The summed E-state index contributed by atoms with van der Waals surface area (Å²) in [7, 11) is 0. The number of piperidine rings is 1. The van der Waals surface area contributed by atoms with E-state index < -0.39 is 17.5 Å². The number of nitrogens with zero attached hydrogens (tertiary/aromatic N) is 1. The molecule has 1 aliphatic heterocycles. The molecule has 1 saturated heterocycles. The zero-order chi connectivity index (χ0) is 18.2. The van der Waals surface area contributed by atoms with Crippen LogP contribution >= 0.6 is 0 Å². The van der Waals surface area contributed by atoms with E-state index in [0.717, 1.165) is 25.9 Å². The molecule has 0 bridgehead atoms. The number of ether oxygens (including phenoxy) is 2. The fourth-order valence-corrected chi connectivity index (χ4v) is 2.96. The Morgan fingerprint density at radius 2 is 1.92 bits per heavy atom. The number of hydrogen-bond acceptors (Lipinski definition) is 6. The summed E-state index contributed by atoms with van der Waals surface area (Å²) in [6.45, 7) is 7.92. The van der Waals surface area contributed by atoms with Crippen LogP contribution in [0.1, 0.15) is 46.5 Å². The van der Waals surface area contributed by atoms with Gasteiger partial charge in [-0.15, -0.1) is 0 Å². The van der Waals surface area contributed by atoms with Crippen molar-refractivity contribution in [3.63, 3.8) is 0 Å². The van der Waals surface area contributed by atoms with Crippen molar-refractivity contribution in [1.29, 1.82) is 0 Å². The molecule has 0 aromatic carbocycles. The van der Waals surface area contributed by atoms with Crippen molar-refractivity contribution in [2.75, 3.05) is 32.9 Å². The van der Waals surface area contributed by atoms with Gasteiger partial charge in [0.2, 0.25) is 0 Å². The predicted molar refractivity (Wildman–Crippen MR) is 88.7 cm³/mol. The molecular formula is C17H31NO6. The maximum absolute atomic E-state index is 12.2. The molecular weight excluding hydrogens is 314 g/mol. The van der Waals surface area contributed by atoms with Crippen LogP contribution in [0.4, 0.5) is 0 Å². The summed E-state index contributed by atoms with van der Waals surface area (Å²) < 4.78 is 10.6. The molecule has 0 radical (unpaired) electrons. The lowest BCUT2D eigenvalue weighted by Gasteiger charge is -2.36. The molecule has 2 N–H and O–H groups in total. The van der Waals surface area contributed by atoms with E-state index in [-0.39, 0.29) is 38.6 Å². The molecule has 7 nitrogen and oxygen atoms in total. The van der Waals surface area contributed by atoms with Gasteiger partial charge in [0, 0.05) is 19.1 Å². The van der Waals surface area contributed by atoms with Gasteiger partial charge in [0.1, 0.15) is 0 Å². The number of aliphatic hydroxyl groups is 1. The first-order valence-electron chi connectivity index (χ1n) is 8.76. The van der Waals surface area contributed by atoms with Crippen LogP contribution in [-0.4, -0.2) is 71.6 Å². The van der Waals surface area contributed by atoms with Gasteiger partial charge in [0.05, 0.1) is 13.2 Å². The summed E-state index contributed by atoms with van der Waals surface area (Å²) in [5, 5.41) is 18.6. The molecule has 0 saturated carbocycles. The Balaban J connectivity index is 2.71. The maximum atomic E-state index is 12.2. The SMILES string of the molecule is CCOC(=O)C(CCCO)(OCC1CCN(C(C)C)CC1)C(=O)O. The van der Waals surface area contributed by atoms with Gasteiger partial charge in [-0.25, -0.2) is 9.59 Å². The number of carbonyl (C=O) groups excluding carboxylic acids is 1. The van der Waals surface area contributed by atoms with Crippen LogP contribution in [0.15, 0.2) is 0 Å². The van der Waals surface area contributed by atoms with E-state index in [1.807, 2.05) is 0 Å². The summed E-state index contributed by atoms with van der Waals surface area (Å²) >= 11 is 0. The molecule has 0 aromatic heterocycles. The lowest BCUT2D eigenvalue weighted by atomic mass is 9.94. The molecule has 0 spiro atoms. The van der Waals surface area contributed by atoms with Crippen LogP contribution in [0.25, 0.3) is 0 Å². The molecule has 0 aromatic rings. The number of carboxylic acid groups (broad SMARTS) is 1. The van der Waals surface area contributed by atoms with Crippen LogP contribution in [-0.2, 0) is 19.1 Å². The molecule has 140 valence electrons. The Hall–Kier alpha value is -1.18. The molecule has 1 aliphatic rings. The molecule has 1 atom stereocenters. The highest BCUT2D eigenvalue weighted by Crippen LogP contribution is 2.26. The van der Waals surface area contributed by atoms with Gasteiger partial charge in [0.25, 0.3) is 5.60 Å². The largest absolute Gasteiger partial charge is 0.479 e. The van der Waals surface area contributed by atoms with E-state index in [0.29, 0.717) is 6.04 Å². The third-order valence-corrected chi connectivity index (χ3v) is 4.58. The molecule has 0 amide bonds. The van der Waals surface area contributed by atoms with Gasteiger partial charge in [0.15, 0.2) is 0 Å². The number of rotatable bonds is 10. The number of likely N-dealkylation sites (tertiary alicyclic amines) is 1. The van der Waals surface area contributed by atoms with Crippen LogP contribution < -0.4 is 0 Å². The average Bonchev–Trinajstić information content (AvgIpc) is 2.55. The first kappa shape index (κ1) is 20.9. The van der Waals surface area contributed by atoms with Crippen LogP contribution in [0.3, 0.4) is 0 Å². The van der Waals surface area contributed by atoms with Gasteiger partial charge < -0.3 is 24.6 Å². The lowest BCUT2D eigenvalue weighted by molar-refractivity contribution is -0.191. The second-order valence-corrected chi connectivity index (χ2v) is 6.56. The smallest absolute Gasteiger partial charge is 0.350 e. The monoisotopic (exact) mass is 345 g/mol. The molecule has 0 aliphatic carbocycles. The Morgan fingerprint density at radius 1 is 1.29 bits per heavy atom. The number of carboxylic acids is 1. The van der Waals surface area contributed by atoms with Crippen molar-refractivity contribution in [2.24, 2.45) is 5.92 Å². The Morgan fingerprint density at radius 3 is 2.38 bits per heavy atom. The highest BCUT2D eigenvalue weighted by molar-refractivity contribution is 6.02. The predicted octanol–water partition coefficient (Wildman–Crippen LogP) is 1.28. The van der Waals surface area contributed by atoms with Crippen LogP contribution in [0.5, 0.6) is 0 Å². The summed E-state index contributed by atoms with van der Waals surface area (Å²) in [6, 6.07) is 0.495. The minimum Gasteiger partial charge on any atom is -0.479 e. The average molecular weight is 345 g/mol. The van der Waals surface area contributed by atoms with Crippen molar-refractivity contribution in [3.8, 4) is 0 Å². The van der Waals surface area contributed by atoms with Gasteiger partial charge in [-0.1, -0.05) is 0 Å². The number of hydrogen-bond donors (Lipinski definition) is 2. The molecule has 1 rings (SSSR count). The molecule has 7 heteroatoms. The van der Waals surface area contributed by atoms with Crippen molar-refractivity contribution in [2.45, 2.75) is 58.1 Å². The second-order valence-electron chi connectivity index (χ2n) is 6.56. The number of carbonyl (C=O) groups is 2. The second kappa shape index (κ2) is 9.96.